The number of benzene rings is 1. The molecule has 5 nitrogen and oxygen atoms in total. The first-order chi connectivity index (χ1) is 9.86. The Morgan fingerprint density at radius 3 is 2.00 bits per heavy atom. The Kier molecular flexibility index (Phi) is 9.07. The Hall–Kier alpha value is -1.74. The molecule has 1 rings (SSSR count). The molecule has 0 saturated carbocycles. The van der Waals surface area contributed by atoms with Crippen molar-refractivity contribution < 1.29 is 18.9 Å². The number of nitrogens with two attached hydrogens (primary N) is 1. The van der Waals surface area contributed by atoms with Crippen molar-refractivity contribution in [3.05, 3.63) is 24.3 Å². The summed E-state index contributed by atoms with van der Waals surface area (Å²) in [5.74, 6) is 3.90. The molecule has 0 unspecified atom stereocenters. The van der Waals surface area contributed by atoms with Gasteiger partial charge in [0, 0.05) is 6.54 Å². The van der Waals surface area contributed by atoms with E-state index in [0.29, 0.717) is 39.6 Å². The number of hydrogen-bond donors (Lipinski definition) is 1. The van der Waals surface area contributed by atoms with Crippen molar-refractivity contribution in [3.8, 4) is 23.8 Å². The molecule has 5 heteroatoms. The lowest BCUT2D eigenvalue weighted by atomic mass is 10.3. The van der Waals surface area contributed by atoms with Gasteiger partial charge in [-0.1, -0.05) is 5.92 Å². The van der Waals surface area contributed by atoms with Crippen molar-refractivity contribution >= 4 is 0 Å². The zero-order chi connectivity index (χ0) is 14.5. The first kappa shape index (κ1) is 16.3. The third-order valence-electron chi connectivity index (χ3n) is 2.28. The van der Waals surface area contributed by atoms with Crippen molar-refractivity contribution in [2.45, 2.75) is 0 Å². The lowest BCUT2D eigenvalue weighted by Gasteiger charge is -2.08. The number of rotatable bonds is 11. The van der Waals surface area contributed by atoms with Gasteiger partial charge in [0.2, 0.25) is 0 Å². The zero-order valence-corrected chi connectivity index (χ0v) is 11.5. The molecule has 0 aliphatic rings. The quantitative estimate of drug-likeness (QED) is 0.485. The smallest absolute Gasteiger partial charge is 0.148 e. The summed E-state index contributed by atoms with van der Waals surface area (Å²) in [4.78, 5) is 0. The van der Waals surface area contributed by atoms with Gasteiger partial charge >= 0.3 is 0 Å². The fourth-order valence-electron chi connectivity index (χ4n) is 1.38. The van der Waals surface area contributed by atoms with Gasteiger partial charge in [-0.05, 0) is 24.3 Å². The van der Waals surface area contributed by atoms with Crippen LogP contribution in [0.15, 0.2) is 24.3 Å². The maximum atomic E-state index is 5.51. The van der Waals surface area contributed by atoms with Gasteiger partial charge in [0.1, 0.15) is 24.7 Å². The topological polar surface area (TPSA) is 62.9 Å². The molecular weight excluding hydrogens is 258 g/mol. The third-order valence-corrected chi connectivity index (χ3v) is 2.28. The van der Waals surface area contributed by atoms with Crippen molar-refractivity contribution in [1.82, 2.24) is 0 Å². The van der Waals surface area contributed by atoms with Crippen LogP contribution in [0.2, 0.25) is 0 Å². The molecule has 0 aliphatic heterocycles. The largest absolute Gasteiger partial charge is 0.491 e. The van der Waals surface area contributed by atoms with Gasteiger partial charge in [0.15, 0.2) is 0 Å². The summed E-state index contributed by atoms with van der Waals surface area (Å²) in [7, 11) is 0. The van der Waals surface area contributed by atoms with E-state index in [1.54, 1.807) is 0 Å². The molecule has 0 aliphatic carbocycles. The van der Waals surface area contributed by atoms with Crippen LogP contribution in [-0.4, -0.2) is 46.2 Å². The Morgan fingerprint density at radius 2 is 1.40 bits per heavy atom. The minimum atomic E-state index is 0.264. The van der Waals surface area contributed by atoms with Crippen LogP contribution in [0.25, 0.3) is 0 Å². The van der Waals surface area contributed by atoms with Crippen LogP contribution in [0.1, 0.15) is 0 Å². The van der Waals surface area contributed by atoms with Crippen molar-refractivity contribution in [1.29, 1.82) is 0 Å². The monoisotopic (exact) mass is 279 g/mol. The average Bonchev–Trinajstić information content (AvgIpc) is 2.49. The second-order valence-electron chi connectivity index (χ2n) is 3.83. The summed E-state index contributed by atoms with van der Waals surface area (Å²) in [5, 5.41) is 0. The Labute approximate surface area is 120 Å². The summed E-state index contributed by atoms with van der Waals surface area (Å²) in [6.07, 6.45) is 5.11. The van der Waals surface area contributed by atoms with Crippen LogP contribution in [-0.2, 0) is 9.47 Å². The van der Waals surface area contributed by atoms with Gasteiger partial charge in [0.25, 0.3) is 0 Å². The lowest BCUT2D eigenvalue weighted by Crippen LogP contribution is -2.14. The molecule has 0 heterocycles. The van der Waals surface area contributed by atoms with Gasteiger partial charge in [0.05, 0.1) is 26.4 Å². The van der Waals surface area contributed by atoms with Crippen LogP contribution in [0.4, 0.5) is 0 Å². The van der Waals surface area contributed by atoms with Gasteiger partial charge in [-0.25, -0.2) is 0 Å². The van der Waals surface area contributed by atoms with E-state index in [4.69, 9.17) is 31.1 Å². The molecule has 20 heavy (non-hydrogen) atoms. The van der Waals surface area contributed by atoms with Crippen LogP contribution in [0.3, 0.4) is 0 Å². The minimum Gasteiger partial charge on any atom is -0.491 e. The highest BCUT2D eigenvalue weighted by molar-refractivity contribution is 5.31. The predicted octanol–water partition coefficient (Wildman–Crippen LogP) is 1.07. The third kappa shape index (κ3) is 7.64. The van der Waals surface area contributed by atoms with Crippen molar-refractivity contribution in [3.63, 3.8) is 0 Å². The normalized spacial score (nSPS) is 10.0. The van der Waals surface area contributed by atoms with Crippen molar-refractivity contribution in [2.24, 2.45) is 5.73 Å². The van der Waals surface area contributed by atoms with Crippen LogP contribution < -0.4 is 15.2 Å². The van der Waals surface area contributed by atoms with E-state index < -0.39 is 0 Å². The first-order valence-corrected chi connectivity index (χ1v) is 6.51. The Morgan fingerprint density at radius 1 is 0.850 bits per heavy atom. The molecule has 0 bridgehead atoms. The summed E-state index contributed by atoms with van der Waals surface area (Å²) in [6, 6.07) is 7.29. The number of terminal acetylenes is 1. The molecule has 1 aromatic carbocycles. The zero-order valence-electron chi connectivity index (χ0n) is 11.5. The molecule has 1 aromatic rings. The predicted molar refractivity (Wildman–Crippen MR) is 77.0 cm³/mol. The molecular formula is C15H21NO4. The highest BCUT2D eigenvalue weighted by Gasteiger charge is 1.96. The lowest BCUT2D eigenvalue weighted by molar-refractivity contribution is 0.0388. The van der Waals surface area contributed by atoms with E-state index in [2.05, 4.69) is 5.92 Å². The molecule has 0 amide bonds. The fraction of sp³-hybridized carbons (Fsp3) is 0.467. The summed E-state index contributed by atoms with van der Waals surface area (Å²) in [6.45, 7) is 3.46. The summed E-state index contributed by atoms with van der Waals surface area (Å²) in [5.41, 5.74) is 5.29. The highest BCUT2D eigenvalue weighted by Crippen LogP contribution is 2.17. The SMILES string of the molecule is C#CCOc1ccc(OCCOCCOCCN)cc1. The van der Waals surface area contributed by atoms with E-state index in [9.17, 15) is 0 Å². The van der Waals surface area contributed by atoms with Gasteiger partial charge in [-0.3, -0.25) is 0 Å². The summed E-state index contributed by atoms with van der Waals surface area (Å²) < 4.78 is 21.3. The highest BCUT2D eigenvalue weighted by atomic mass is 16.5. The minimum absolute atomic E-state index is 0.264. The van der Waals surface area contributed by atoms with Gasteiger partial charge in [-0.15, -0.1) is 6.42 Å². The van der Waals surface area contributed by atoms with E-state index in [-0.39, 0.29) is 6.61 Å². The van der Waals surface area contributed by atoms with Crippen LogP contribution >= 0.6 is 0 Å². The molecule has 0 radical (unpaired) electrons. The molecule has 0 aromatic heterocycles. The molecule has 0 fully saturated rings. The standard InChI is InChI=1S/C15H21NO4/c1-2-8-19-14-3-5-15(6-4-14)20-13-12-18-11-10-17-9-7-16/h1,3-6H,7-13,16H2. The first-order valence-electron chi connectivity index (χ1n) is 6.51. The second kappa shape index (κ2) is 11.1. The van der Waals surface area contributed by atoms with Crippen molar-refractivity contribution in [2.75, 3.05) is 46.2 Å². The Bertz CT molecular complexity index is 386. The molecule has 110 valence electrons. The Balaban J connectivity index is 2.06. The maximum absolute atomic E-state index is 5.51. The molecule has 0 saturated heterocycles. The van der Waals surface area contributed by atoms with Crippen LogP contribution in [0.5, 0.6) is 11.5 Å². The number of hydrogen-bond acceptors (Lipinski definition) is 5. The fourth-order valence-corrected chi connectivity index (χ4v) is 1.38. The van der Waals surface area contributed by atoms with Gasteiger partial charge < -0.3 is 24.7 Å². The second-order valence-corrected chi connectivity index (χ2v) is 3.83. The van der Waals surface area contributed by atoms with E-state index in [1.807, 2.05) is 24.3 Å². The van der Waals surface area contributed by atoms with E-state index in [1.165, 1.54) is 0 Å². The summed E-state index contributed by atoms with van der Waals surface area (Å²) >= 11 is 0. The maximum Gasteiger partial charge on any atom is 0.148 e. The average molecular weight is 279 g/mol. The molecule has 2 N–H and O–H groups in total. The molecule has 0 atom stereocenters. The number of ether oxygens (including phenoxy) is 4. The molecule has 0 spiro atoms. The van der Waals surface area contributed by atoms with E-state index >= 15 is 0 Å². The van der Waals surface area contributed by atoms with E-state index in [0.717, 1.165) is 11.5 Å². The van der Waals surface area contributed by atoms with Gasteiger partial charge in [-0.2, -0.15) is 0 Å². The van der Waals surface area contributed by atoms with Crippen LogP contribution in [0, 0.1) is 12.3 Å².